The highest BCUT2D eigenvalue weighted by molar-refractivity contribution is 5.84. The van der Waals surface area contributed by atoms with Gasteiger partial charge >= 0.3 is 0 Å². The molecular formula is C15H28N2O. The van der Waals surface area contributed by atoms with E-state index in [1.807, 2.05) is 11.9 Å². The summed E-state index contributed by atoms with van der Waals surface area (Å²) in [5.41, 5.74) is 0.312. The van der Waals surface area contributed by atoms with Crippen molar-refractivity contribution in [3.05, 3.63) is 0 Å². The Morgan fingerprint density at radius 3 is 2.33 bits per heavy atom. The van der Waals surface area contributed by atoms with Crippen LogP contribution in [0.3, 0.4) is 0 Å². The highest BCUT2D eigenvalue weighted by atomic mass is 16.2. The molecule has 1 N–H and O–H groups in total. The molecule has 1 atom stereocenters. The molecule has 2 rings (SSSR count). The molecule has 104 valence electrons. The topological polar surface area (TPSA) is 32.3 Å². The Morgan fingerprint density at radius 2 is 1.89 bits per heavy atom. The lowest BCUT2D eigenvalue weighted by atomic mass is 9.99. The van der Waals surface area contributed by atoms with Crippen molar-refractivity contribution in [3.63, 3.8) is 0 Å². The van der Waals surface area contributed by atoms with Crippen molar-refractivity contribution in [1.82, 2.24) is 10.2 Å². The first-order valence-electron chi connectivity index (χ1n) is 7.24. The van der Waals surface area contributed by atoms with Crippen LogP contribution < -0.4 is 5.32 Å². The summed E-state index contributed by atoms with van der Waals surface area (Å²) in [6.45, 7) is 12.0. The second-order valence-corrected chi connectivity index (χ2v) is 7.31. The highest BCUT2D eigenvalue weighted by Gasteiger charge is 2.68. The van der Waals surface area contributed by atoms with E-state index < -0.39 is 0 Å². The number of hydrogen-bond acceptors (Lipinski definition) is 2. The molecule has 0 aromatic heterocycles. The Morgan fingerprint density at radius 1 is 1.28 bits per heavy atom. The molecule has 1 saturated heterocycles. The van der Waals surface area contributed by atoms with Gasteiger partial charge in [-0.25, -0.2) is 0 Å². The molecule has 2 aliphatic rings. The van der Waals surface area contributed by atoms with Crippen molar-refractivity contribution < 1.29 is 4.79 Å². The normalized spacial score (nSPS) is 29.9. The van der Waals surface area contributed by atoms with Crippen molar-refractivity contribution in [2.75, 3.05) is 26.7 Å². The Labute approximate surface area is 111 Å². The number of rotatable bonds is 3. The fourth-order valence-corrected chi connectivity index (χ4v) is 3.59. The minimum absolute atomic E-state index is 0.156. The van der Waals surface area contributed by atoms with Gasteiger partial charge in [0.2, 0.25) is 5.91 Å². The monoisotopic (exact) mass is 252 g/mol. The van der Waals surface area contributed by atoms with Gasteiger partial charge in [0, 0.05) is 19.5 Å². The minimum atomic E-state index is 0.156. The summed E-state index contributed by atoms with van der Waals surface area (Å²) in [5, 5.41) is 3.42. The third kappa shape index (κ3) is 2.18. The van der Waals surface area contributed by atoms with Crippen LogP contribution in [0.15, 0.2) is 0 Å². The molecule has 1 saturated carbocycles. The maximum absolute atomic E-state index is 12.5. The molecule has 0 spiro atoms. The van der Waals surface area contributed by atoms with Crippen LogP contribution in [0, 0.1) is 22.7 Å². The second-order valence-electron chi connectivity index (χ2n) is 7.31. The van der Waals surface area contributed by atoms with E-state index in [1.165, 1.54) is 12.8 Å². The van der Waals surface area contributed by atoms with E-state index in [9.17, 15) is 4.79 Å². The van der Waals surface area contributed by atoms with Crippen LogP contribution in [-0.4, -0.2) is 37.5 Å². The number of nitrogens with one attached hydrogen (secondary N) is 1. The zero-order valence-corrected chi connectivity index (χ0v) is 12.5. The van der Waals surface area contributed by atoms with Crippen LogP contribution >= 0.6 is 0 Å². The summed E-state index contributed by atoms with van der Waals surface area (Å²) in [4.78, 5) is 14.5. The Hall–Kier alpha value is -0.570. The number of amides is 1. The third-order valence-corrected chi connectivity index (χ3v) is 5.57. The number of carbonyl (C=O) groups excluding carboxylic acids is 1. The predicted molar refractivity (Wildman–Crippen MR) is 74.3 cm³/mol. The molecule has 3 heteroatoms. The van der Waals surface area contributed by atoms with Gasteiger partial charge < -0.3 is 10.2 Å². The van der Waals surface area contributed by atoms with Gasteiger partial charge in [-0.2, -0.15) is 0 Å². The van der Waals surface area contributed by atoms with Gasteiger partial charge in [0.25, 0.3) is 0 Å². The predicted octanol–water partition coefficient (Wildman–Crippen LogP) is 2.13. The molecule has 18 heavy (non-hydrogen) atoms. The minimum Gasteiger partial charge on any atom is -0.345 e. The number of hydrogen-bond donors (Lipinski definition) is 1. The van der Waals surface area contributed by atoms with Crippen LogP contribution in [-0.2, 0) is 4.79 Å². The zero-order chi connectivity index (χ0) is 13.6. The first-order chi connectivity index (χ1) is 8.28. The van der Waals surface area contributed by atoms with Crippen molar-refractivity contribution in [2.24, 2.45) is 22.7 Å². The van der Waals surface area contributed by atoms with Crippen LogP contribution in [0.2, 0.25) is 0 Å². The summed E-state index contributed by atoms with van der Waals surface area (Å²) < 4.78 is 0. The molecular weight excluding hydrogens is 224 g/mol. The summed E-state index contributed by atoms with van der Waals surface area (Å²) in [6.07, 6.45) is 2.50. The standard InChI is InChI=1S/C15H28N2O/c1-14(2)12(15(14,3)4)13(18)17(5)10-11-7-6-8-16-9-11/h11-12,16H,6-10H2,1-5H3. The maximum Gasteiger partial charge on any atom is 0.226 e. The molecule has 2 fully saturated rings. The van der Waals surface area contributed by atoms with Gasteiger partial charge in [0.05, 0.1) is 0 Å². The van der Waals surface area contributed by atoms with Crippen molar-refractivity contribution in [2.45, 2.75) is 40.5 Å². The molecule has 0 aromatic carbocycles. The van der Waals surface area contributed by atoms with E-state index in [4.69, 9.17) is 0 Å². The number of nitrogens with zero attached hydrogens (tertiary/aromatic N) is 1. The van der Waals surface area contributed by atoms with Crippen LogP contribution in [0.4, 0.5) is 0 Å². The molecule has 1 heterocycles. The summed E-state index contributed by atoms with van der Waals surface area (Å²) >= 11 is 0. The smallest absolute Gasteiger partial charge is 0.226 e. The summed E-state index contributed by atoms with van der Waals surface area (Å²) in [5.74, 6) is 1.18. The van der Waals surface area contributed by atoms with E-state index in [0.29, 0.717) is 11.8 Å². The largest absolute Gasteiger partial charge is 0.345 e. The maximum atomic E-state index is 12.5. The van der Waals surface area contributed by atoms with Crippen LogP contribution in [0.1, 0.15) is 40.5 Å². The molecule has 1 unspecified atom stereocenters. The average molecular weight is 252 g/mol. The SMILES string of the molecule is CN(CC1CCCNC1)C(=O)C1C(C)(C)C1(C)C. The van der Waals surface area contributed by atoms with E-state index in [1.54, 1.807) is 0 Å². The molecule has 0 radical (unpaired) electrons. The highest BCUT2D eigenvalue weighted by Crippen LogP contribution is 2.68. The lowest BCUT2D eigenvalue weighted by Gasteiger charge is -2.28. The van der Waals surface area contributed by atoms with E-state index in [-0.39, 0.29) is 16.7 Å². The molecule has 0 aromatic rings. The lowest BCUT2D eigenvalue weighted by molar-refractivity contribution is -0.133. The van der Waals surface area contributed by atoms with Gasteiger partial charge in [-0.15, -0.1) is 0 Å². The van der Waals surface area contributed by atoms with E-state index in [2.05, 4.69) is 33.0 Å². The Kier molecular flexibility index (Phi) is 3.48. The third-order valence-electron chi connectivity index (χ3n) is 5.57. The van der Waals surface area contributed by atoms with Crippen LogP contribution in [0.5, 0.6) is 0 Å². The van der Waals surface area contributed by atoms with Gasteiger partial charge in [-0.1, -0.05) is 27.7 Å². The molecule has 3 nitrogen and oxygen atoms in total. The van der Waals surface area contributed by atoms with Gasteiger partial charge in [-0.05, 0) is 42.7 Å². The first-order valence-corrected chi connectivity index (χ1v) is 7.24. The molecule has 1 amide bonds. The molecule has 1 aliphatic heterocycles. The van der Waals surface area contributed by atoms with Crippen molar-refractivity contribution >= 4 is 5.91 Å². The second kappa shape index (κ2) is 4.52. The van der Waals surface area contributed by atoms with Crippen LogP contribution in [0.25, 0.3) is 0 Å². The summed E-state index contributed by atoms with van der Waals surface area (Å²) in [6, 6.07) is 0. The average Bonchev–Trinajstić information content (AvgIpc) is 2.70. The van der Waals surface area contributed by atoms with E-state index >= 15 is 0 Å². The van der Waals surface area contributed by atoms with Crippen molar-refractivity contribution in [3.8, 4) is 0 Å². The fraction of sp³-hybridized carbons (Fsp3) is 0.933. The lowest BCUT2D eigenvalue weighted by Crippen LogP contribution is -2.40. The zero-order valence-electron chi connectivity index (χ0n) is 12.5. The molecule has 1 aliphatic carbocycles. The quantitative estimate of drug-likeness (QED) is 0.834. The number of piperidine rings is 1. The first kappa shape index (κ1) is 13.9. The van der Waals surface area contributed by atoms with Gasteiger partial charge in [0.1, 0.15) is 0 Å². The van der Waals surface area contributed by atoms with Crippen molar-refractivity contribution in [1.29, 1.82) is 0 Å². The number of carbonyl (C=O) groups is 1. The Balaban J connectivity index is 1.90. The van der Waals surface area contributed by atoms with Gasteiger partial charge in [0.15, 0.2) is 0 Å². The van der Waals surface area contributed by atoms with E-state index in [0.717, 1.165) is 19.6 Å². The van der Waals surface area contributed by atoms with Gasteiger partial charge in [-0.3, -0.25) is 4.79 Å². The fourth-order valence-electron chi connectivity index (χ4n) is 3.59. The molecule has 0 bridgehead atoms. The summed E-state index contributed by atoms with van der Waals surface area (Å²) in [7, 11) is 1.97. The Bertz CT molecular complexity index is 315.